The molecule has 1 aromatic carbocycles. The molecule has 88 valence electrons. The van der Waals surface area contributed by atoms with Gasteiger partial charge in [0.15, 0.2) is 0 Å². The van der Waals surface area contributed by atoms with Gasteiger partial charge < -0.3 is 15.6 Å². The van der Waals surface area contributed by atoms with Gasteiger partial charge in [-0.15, -0.1) is 0 Å². The van der Waals surface area contributed by atoms with Crippen molar-refractivity contribution < 1.29 is 14.6 Å². The number of rotatable bonds is 3. The monoisotopic (exact) mass is 263 g/mol. The number of nitrogens with two attached hydrogens (primary N) is 1. The number of ether oxygens (including phenoxy) is 1. The quantitative estimate of drug-likeness (QED) is 0.815. The second kappa shape index (κ2) is 5.39. The molecule has 16 heavy (non-hydrogen) atoms. The summed E-state index contributed by atoms with van der Waals surface area (Å²) in [6.45, 7) is 0. The molecule has 0 bridgehead atoms. The molecule has 0 fully saturated rings. The lowest BCUT2D eigenvalue weighted by Crippen LogP contribution is -2.33. The third kappa shape index (κ3) is 3.01. The molecule has 0 spiro atoms. The van der Waals surface area contributed by atoms with Gasteiger partial charge in [0.05, 0.1) is 12.1 Å². The summed E-state index contributed by atoms with van der Waals surface area (Å²) >= 11 is 11.6. The van der Waals surface area contributed by atoms with E-state index in [0.717, 1.165) is 0 Å². The summed E-state index contributed by atoms with van der Waals surface area (Å²) in [5, 5.41) is 9.74. The number of hydrogen-bond donors (Lipinski definition) is 2. The molecule has 0 radical (unpaired) electrons. The Labute approximate surface area is 103 Å². The first-order valence-electron chi connectivity index (χ1n) is 4.46. The molecule has 1 aromatic rings. The molecule has 1 atom stereocenters. The molecule has 4 nitrogen and oxygen atoms in total. The maximum atomic E-state index is 11.1. The molecule has 0 heterocycles. The number of carbonyl (C=O) groups is 1. The van der Waals surface area contributed by atoms with Crippen LogP contribution in [0.25, 0.3) is 0 Å². The number of halogens is 2. The van der Waals surface area contributed by atoms with Crippen molar-refractivity contribution in [2.75, 3.05) is 7.11 Å². The van der Waals surface area contributed by atoms with E-state index in [1.165, 1.54) is 19.2 Å². The Balaban J connectivity index is 2.89. The minimum atomic E-state index is -0.803. The summed E-state index contributed by atoms with van der Waals surface area (Å²) in [7, 11) is 1.26. The number of esters is 1. The Morgan fingerprint density at radius 1 is 1.50 bits per heavy atom. The van der Waals surface area contributed by atoms with Crippen LogP contribution in [0.15, 0.2) is 12.1 Å². The fraction of sp³-hybridized carbons (Fsp3) is 0.300. The van der Waals surface area contributed by atoms with Crippen molar-refractivity contribution in [3.8, 4) is 5.75 Å². The zero-order chi connectivity index (χ0) is 12.3. The highest BCUT2D eigenvalue weighted by Gasteiger charge is 2.17. The SMILES string of the molecule is COC(=O)[C@H](N)Cc1cc(Cl)c(O)cc1Cl. The molecular formula is C10H11Cl2NO3. The zero-order valence-electron chi connectivity index (χ0n) is 8.54. The molecule has 3 N–H and O–H groups in total. The summed E-state index contributed by atoms with van der Waals surface area (Å²) in [6, 6.07) is 1.98. The summed E-state index contributed by atoms with van der Waals surface area (Å²) in [6.07, 6.45) is 0.200. The van der Waals surface area contributed by atoms with E-state index in [2.05, 4.69) is 4.74 Å². The average molecular weight is 264 g/mol. The maximum Gasteiger partial charge on any atom is 0.322 e. The van der Waals surface area contributed by atoms with Crippen molar-refractivity contribution in [2.24, 2.45) is 5.73 Å². The lowest BCUT2D eigenvalue weighted by molar-refractivity contribution is -0.142. The van der Waals surface area contributed by atoms with Gasteiger partial charge in [-0.2, -0.15) is 0 Å². The van der Waals surface area contributed by atoms with Crippen LogP contribution in [-0.2, 0) is 16.0 Å². The number of hydrogen-bond acceptors (Lipinski definition) is 4. The van der Waals surface area contributed by atoms with Crippen LogP contribution >= 0.6 is 23.2 Å². The lowest BCUT2D eigenvalue weighted by Gasteiger charge is -2.11. The topological polar surface area (TPSA) is 72.5 Å². The zero-order valence-corrected chi connectivity index (χ0v) is 10.0. The van der Waals surface area contributed by atoms with E-state index >= 15 is 0 Å². The number of benzene rings is 1. The smallest absolute Gasteiger partial charge is 0.322 e. The van der Waals surface area contributed by atoms with E-state index in [1.54, 1.807) is 0 Å². The highest BCUT2D eigenvalue weighted by Crippen LogP contribution is 2.30. The van der Waals surface area contributed by atoms with E-state index in [0.29, 0.717) is 10.6 Å². The Kier molecular flexibility index (Phi) is 4.41. The van der Waals surface area contributed by atoms with Crippen molar-refractivity contribution in [3.63, 3.8) is 0 Å². The van der Waals surface area contributed by atoms with Gasteiger partial charge >= 0.3 is 5.97 Å². The van der Waals surface area contributed by atoms with Crippen molar-refractivity contribution in [3.05, 3.63) is 27.7 Å². The van der Waals surface area contributed by atoms with Gasteiger partial charge in [-0.05, 0) is 18.1 Å². The van der Waals surface area contributed by atoms with Crippen molar-refractivity contribution in [2.45, 2.75) is 12.5 Å². The molecule has 0 saturated heterocycles. The Bertz CT molecular complexity index is 409. The van der Waals surface area contributed by atoms with Gasteiger partial charge in [-0.3, -0.25) is 4.79 Å². The number of methoxy groups -OCH3 is 1. The third-order valence-corrected chi connectivity index (χ3v) is 2.71. The second-order valence-electron chi connectivity index (χ2n) is 3.23. The molecule has 0 aliphatic carbocycles. The molecule has 0 saturated carbocycles. The molecule has 0 unspecified atom stereocenters. The van der Waals surface area contributed by atoms with E-state index in [-0.39, 0.29) is 17.2 Å². The average Bonchev–Trinajstić information content (AvgIpc) is 2.24. The van der Waals surface area contributed by atoms with Crippen LogP contribution in [0.3, 0.4) is 0 Å². The van der Waals surface area contributed by atoms with Gasteiger partial charge in [-0.1, -0.05) is 23.2 Å². The van der Waals surface area contributed by atoms with Gasteiger partial charge in [0.1, 0.15) is 11.8 Å². The van der Waals surface area contributed by atoms with E-state index < -0.39 is 12.0 Å². The highest BCUT2D eigenvalue weighted by atomic mass is 35.5. The number of carbonyl (C=O) groups excluding carboxylic acids is 1. The Morgan fingerprint density at radius 3 is 2.69 bits per heavy atom. The minimum absolute atomic E-state index is 0.109. The molecule has 1 rings (SSSR count). The fourth-order valence-corrected chi connectivity index (χ4v) is 1.63. The summed E-state index contributed by atoms with van der Waals surface area (Å²) in [5.74, 6) is -0.637. The fourth-order valence-electron chi connectivity index (χ4n) is 1.21. The van der Waals surface area contributed by atoms with E-state index in [4.69, 9.17) is 28.9 Å². The van der Waals surface area contributed by atoms with Gasteiger partial charge in [0.25, 0.3) is 0 Å². The van der Waals surface area contributed by atoms with Crippen molar-refractivity contribution >= 4 is 29.2 Å². The predicted molar refractivity (Wildman–Crippen MR) is 61.8 cm³/mol. The summed E-state index contributed by atoms with van der Waals surface area (Å²) in [5.41, 5.74) is 6.16. The summed E-state index contributed by atoms with van der Waals surface area (Å²) in [4.78, 5) is 11.1. The van der Waals surface area contributed by atoms with Crippen molar-refractivity contribution in [1.29, 1.82) is 0 Å². The molecule has 0 aliphatic rings. The normalized spacial score (nSPS) is 12.2. The lowest BCUT2D eigenvalue weighted by atomic mass is 10.1. The highest BCUT2D eigenvalue weighted by molar-refractivity contribution is 6.34. The van der Waals surface area contributed by atoms with Gasteiger partial charge in [0, 0.05) is 11.1 Å². The molecule has 6 heteroatoms. The first kappa shape index (κ1) is 13.1. The standard InChI is InChI=1S/C10H11Cl2NO3/c1-16-10(15)8(13)3-5-2-7(12)9(14)4-6(5)11/h2,4,8,14H,3,13H2,1H3/t8-/m1/s1. The van der Waals surface area contributed by atoms with Crippen LogP contribution in [0, 0.1) is 0 Å². The first-order valence-corrected chi connectivity index (χ1v) is 5.21. The number of phenolic OH excluding ortho intramolecular Hbond substituents is 1. The summed E-state index contributed by atoms with van der Waals surface area (Å²) < 4.78 is 4.49. The van der Waals surface area contributed by atoms with Crippen LogP contribution < -0.4 is 5.73 Å². The largest absolute Gasteiger partial charge is 0.506 e. The minimum Gasteiger partial charge on any atom is -0.506 e. The number of aromatic hydroxyl groups is 1. The van der Waals surface area contributed by atoms with Crippen LogP contribution in [0.1, 0.15) is 5.56 Å². The first-order chi connectivity index (χ1) is 7.45. The molecular weight excluding hydrogens is 253 g/mol. The van der Waals surface area contributed by atoms with Crippen molar-refractivity contribution in [1.82, 2.24) is 0 Å². The van der Waals surface area contributed by atoms with E-state index in [1.807, 2.05) is 0 Å². The third-order valence-electron chi connectivity index (χ3n) is 2.06. The van der Waals surface area contributed by atoms with Crippen LogP contribution in [0.5, 0.6) is 5.75 Å². The Morgan fingerprint density at radius 2 is 2.12 bits per heavy atom. The van der Waals surface area contributed by atoms with Crippen LogP contribution in [0.2, 0.25) is 10.0 Å². The Hall–Kier alpha value is -0.970. The molecule has 0 amide bonds. The second-order valence-corrected chi connectivity index (χ2v) is 4.04. The van der Waals surface area contributed by atoms with Gasteiger partial charge in [0.2, 0.25) is 0 Å². The van der Waals surface area contributed by atoms with Gasteiger partial charge in [-0.25, -0.2) is 0 Å². The number of phenols is 1. The van der Waals surface area contributed by atoms with Crippen LogP contribution in [-0.4, -0.2) is 24.2 Å². The predicted octanol–water partition coefficient (Wildman–Crippen LogP) is 1.74. The van der Waals surface area contributed by atoms with Crippen LogP contribution in [0.4, 0.5) is 0 Å². The van der Waals surface area contributed by atoms with E-state index in [9.17, 15) is 9.90 Å². The molecule has 0 aliphatic heterocycles. The molecule has 0 aromatic heterocycles. The maximum absolute atomic E-state index is 11.1.